The van der Waals surface area contributed by atoms with E-state index in [2.05, 4.69) is 33.9 Å². The first-order valence-electron chi connectivity index (χ1n) is 7.85. The smallest absolute Gasteiger partial charge is 0.192 e. The van der Waals surface area contributed by atoms with E-state index in [0.29, 0.717) is 6.42 Å². The van der Waals surface area contributed by atoms with Crippen molar-refractivity contribution in [1.82, 2.24) is 0 Å². The van der Waals surface area contributed by atoms with Gasteiger partial charge in [0.25, 0.3) is 0 Å². The fraction of sp³-hybridized carbons (Fsp3) is 0.421. The molecule has 0 saturated heterocycles. The molecule has 1 atom stereocenters. The highest BCUT2D eigenvalue weighted by Gasteiger charge is 2.39. The van der Waals surface area contributed by atoms with Crippen molar-refractivity contribution in [3.8, 4) is 0 Å². The molecule has 118 valence electrons. The molecule has 0 aromatic heterocycles. The number of ketones is 1. The van der Waals surface area contributed by atoms with Gasteiger partial charge in [-0.25, -0.2) is 0 Å². The Morgan fingerprint density at radius 2 is 1.82 bits per heavy atom. The van der Waals surface area contributed by atoms with Crippen molar-refractivity contribution < 1.29 is 9.22 Å². The van der Waals surface area contributed by atoms with Crippen LogP contribution in [0.5, 0.6) is 0 Å². The average Bonchev–Trinajstić information content (AvgIpc) is 2.42. The minimum Gasteiger partial charge on any atom is -0.410 e. The summed E-state index contributed by atoms with van der Waals surface area (Å²) >= 11 is 0. The van der Waals surface area contributed by atoms with Gasteiger partial charge in [-0.3, -0.25) is 4.79 Å². The highest BCUT2D eigenvalue weighted by Crippen LogP contribution is 2.38. The quantitative estimate of drug-likeness (QED) is 0.580. The first-order chi connectivity index (χ1) is 10.2. The third kappa shape index (κ3) is 4.05. The van der Waals surface area contributed by atoms with Gasteiger partial charge in [0, 0.05) is 12.0 Å². The maximum atomic E-state index is 12.1. The Balaban J connectivity index is 2.17. The lowest BCUT2D eigenvalue weighted by molar-refractivity contribution is -0.111. The average molecular weight is 315 g/mol. The van der Waals surface area contributed by atoms with E-state index in [9.17, 15) is 4.79 Å². The molecule has 1 unspecified atom stereocenters. The van der Waals surface area contributed by atoms with Crippen LogP contribution in [-0.2, 0) is 9.22 Å². The fourth-order valence-corrected chi connectivity index (χ4v) is 3.48. The van der Waals surface area contributed by atoms with E-state index in [4.69, 9.17) is 4.43 Å². The van der Waals surface area contributed by atoms with Crippen molar-refractivity contribution in [2.24, 2.45) is 0 Å². The van der Waals surface area contributed by atoms with Gasteiger partial charge in [0.1, 0.15) is 0 Å². The molecule has 0 heterocycles. The summed E-state index contributed by atoms with van der Waals surface area (Å²) in [6.07, 6.45) is 6.24. The minimum absolute atomic E-state index is 0.00792. The number of hydrogen-bond acceptors (Lipinski definition) is 2. The summed E-state index contributed by atoms with van der Waals surface area (Å²) in [7, 11) is -1.83. The lowest BCUT2D eigenvalue weighted by Crippen LogP contribution is -2.44. The Labute approximate surface area is 135 Å². The zero-order valence-corrected chi connectivity index (χ0v) is 15.2. The molecule has 22 heavy (non-hydrogen) atoms. The number of benzene rings is 1. The van der Waals surface area contributed by atoms with Crippen molar-refractivity contribution in [3.05, 3.63) is 53.6 Å². The standard InChI is InChI=1S/C19H26O2Si/c1-19(2,3)22(4,5)21-17-11-12-18(20)16(14-17)13-15-9-7-6-8-10-15/h6-13,17H,14H2,1-5H3/b16-13+. The molecule has 3 heteroatoms. The van der Waals surface area contributed by atoms with E-state index >= 15 is 0 Å². The molecule has 2 nitrogen and oxygen atoms in total. The molecule has 2 rings (SSSR count). The van der Waals surface area contributed by atoms with Gasteiger partial charge in [0.05, 0.1) is 6.10 Å². The van der Waals surface area contributed by atoms with Gasteiger partial charge in [0.15, 0.2) is 14.1 Å². The zero-order chi connectivity index (χ0) is 16.4. The normalized spacial score (nSPS) is 21.4. The molecule has 0 spiro atoms. The van der Waals surface area contributed by atoms with Crippen molar-refractivity contribution in [1.29, 1.82) is 0 Å². The van der Waals surface area contributed by atoms with E-state index in [1.165, 1.54) is 0 Å². The third-order valence-corrected chi connectivity index (χ3v) is 9.10. The molecular weight excluding hydrogens is 288 g/mol. The van der Waals surface area contributed by atoms with E-state index in [-0.39, 0.29) is 16.9 Å². The Bertz CT molecular complexity index is 592. The molecule has 0 radical (unpaired) electrons. The maximum absolute atomic E-state index is 12.1. The lowest BCUT2D eigenvalue weighted by atomic mass is 9.96. The van der Waals surface area contributed by atoms with E-state index in [1.807, 2.05) is 42.5 Å². The summed E-state index contributed by atoms with van der Waals surface area (Å²) in [6.45, 7) is 11.2. The SMILES string of the molecule is CC(C)(C)[Si](C)(C)OC1C=CC(=O)/C(=C/c2ccccc2)C1. The molecule has 0 aliphatic heterocycles. The van der Waals surface area contributed by atoms with Crippen molar-refractivity contribution in [3.63, 3.8) is 0 Å². The van der Waals surface area contributed by atoms with Crippen LogP contribution < -0.4 is 0 Å². The molecule has 0 bridgehead atoms. The van der Waals surface area contributed by atoms with E-state index in [0.717, 1.165) is 11.1 Å². The highest BCUT2D eigenvalue weighted by atomic mass is 28.4. The van der Waals surface area contributed by atoms with Crippen LogP contribution in [0.25, 0.3) is 6.08 Å². The van der Waals surface area contributed by atoms with Gasteiger partial charge in [0.2, 0.25) is 0 Å². The molecule has 1 aliphatic carbocycles. The summed E-state index contributed by atoms with van der Waals surface area (Å²) in [5.41, 5.74) is 1.89. The van der Waals surface area contributed by atoms with Crippen LogP contribution in [0.1, 0.15) is 32.8 Å². The minimum atomic E-state index is -1.83. The lowest BCUT2D eigenvalue weighted by Gasteiger charge is -2.39. The summed E-state index contributed by atoms with van der Waals surface area (Å²) < 4.78 is 6.42. The fourth-order valence-electron chi connectivity index (χ4n) is 2.20. The second-order valence-corrected chi connectivity index (χ2v) is 12.2. The topological polar surface area (TPSA) is 26.3 Å². The van der Waals surface area contributed by atoms with Gasteiger partial charge < -0.3 is 4.43 Å². The van der Waals surface area contributed by atoms with Gasteiger partial charge in [-0.05, 0) is 35.8 Å². The van der Waals surface area contributed by atoms with Crippen molar-refractivity contribution in [2.45, 2.75) is 51.4 Å². The maximum Gasteiger partial charge on any atom is 0.192 e. The molecule has 1 aromatic carbocycles. The molecule has 0 fully saturated rings. The summed E-state index contributed by atoms with van der Waals surface area (Å²) in [5.74, 6) is 0.0962. The molecule has 0 N–H and O–H groups in total. The highest BCUT2D eigenvalue weighted by molar-refractivity contribution is 6.74. The van der Waals surface area contributed by atoms with Crippen LogP contribution in [0.15, 0.2) is 48.1 Å². The van der Waals surface area contributed by atoms with E-state index < -0.39 is 8.32 Å². The predicted molar refractivity (Wildman–Crippen MR) is 95.3 cm³/mol. The van der Waals surface area contributed by atoms with Crippen LogP contribution in [0.3, 0.4) is 0 Å². The second-order valence-electron chi connectivity index (χ2n) is 7.42. The predicted octanol–water partition coefficient (Wildman–Crippen LogP) is 4.99. The first kappa shape index (κ1) is 16.9. The molecular formula is C19H26O2Si. The van der Waals surface area contributed by atoms with Crippen LogP contribution in [0.4, 0.5) is 0 Å². The Hall–Kier alpha value is -1.45. The van der Waals surface area contributed by atoms with Crippen LogP contribution >= 0.6 is 0 Å². The largest absolute Gasteiger partial charge is 0.410 e. The Morgan fingerprint density at radius 1 is 1.18 bits per heavy atom. The third-order valence-electron chi connectivity index (χ3n) is 4.59. The Morgan fingerprint density at radius 3 is 2.41 bits per heavy atom. The Kier molecular flexibility index (Phi) is 4.88. The van der Waals surface area contributed by atoms with Crippen LogP contribution in [0.2, 0.25) is 18.1 Å². The summed E-state index contributed by atoms with van der Waals surface area (Å²) in [6, 6.07) is 9.98. The number of carbonyl (C=O) groups excluding carboxylic acids is 1. The number of rotatable bonds is 3. The number of hydrogen-bond donors (Lipinski definition) is 0. The van der Waals surface area contributed by atoms with Gasteiger partial charge >= 0.3 is 0 Å². The molecule has 1 aromatic rings. The van der Waals surface area contributed by atoms with Gasteiger partial charge in [-0.15, -0.1) is 0 Å². The number of carbonyl (C=O) groups is 1. The summed E-state index contributed by atoms with van der Waals surface area (Å²) in [5, 5.41) is 0.172. The van der Waals surface area contributed by atoms with Gasteiger partial charge in [-0.2, -0.15) is 0 Å². The first-order valence-corrected chi connectivity index (χ1v) is 10.8. The van der Waals surface area contributed by atoms with E-state index in [1.54, 1.807) is 6.08 Å². The number of allylic oxidation sites excluding steroid dienone is 1. The zero-order valence-electron chi connectivity index (χ0n) is 14.2. The monoisotopic (exact) mass is 314 g/mol. The second kappa shape index (κ2) is 6.35. The molecule has 0 amide bonds. The van der Waals surface area contributed by atoms with Crippen LogP contribution in [0, 0.1) is 0 Å². The van der Waals surface area contributed by atoms with Crippen LogP contribution in [-0.4, -0.2) is 20.2 Å². The summed E-state index contributed by atoms with van der Waals surface area (Å²) in [4.78, 5) is 12.1. The van der Waals surface area contributed by atoms with Crippen molar-refractivity contribution >= 4 is 20.2 Å². The molecule has 1 aliphatic rings. The van der Waals surface area contributed by atoms with Crippen molar-refractivity contribution in [2.75, 3.05) is 0 Å². The molecule has 0 saturated carbocycles. The van der Waals surface area contributed by atoms with Gasteiger partial charge in [-0.1, -0.05) is 57.2 Å².